The standard InChI is InChI=1S/C18H19NO4/c1-13(14-6-4-3-5-7-14)19-17(20)12-23-16-10-8-15(9-11-16)18(21)22-2/h3-11,13H,12H2,1-2H3,(H,19,20)/t13-/m1/s1. The lowest BCUT2D eigenvalue weighted by atomic mass is 10.1. The maximum atomic E-state index is 11.9. The van der Waals surface area contributed by atoms with Crippen molar-refractivity contribution in [1.29, 1.82) is 0 Å². The summed E-state index contributed by atoms with van der Waals surface area (Å²) in [4.78, 5) is 23.2. The Labute approximate surface area is 135 Å². The molecule has 0 aliphatic carbocycles. The van der Waals surface area contributed by atoms with E-state index in [0.717, 1.165) is 5.56 Å². The number of hydrogen-bond donors (Lipinski definition) is 1. The van der Waals surface area contributed by atoms with E-state index in [-0.39, 0.29) is 18.6 Å². The van der Waals surface area contributed by atoms with E-state index in [4.69, 9.17) is 4.74 Å². The van der Waals surface area contributed by atoms with Crippen LogP contribution in [0.2, 0.25) is 0 Å². The summed E-state index contributed by atoms with van der Waals surface area (Å²) < 4.78 is 10.0. The van der Waals surface area contributed by atoms with Crippen LogP contribution in [0.4, 0.5) is 0 Å². The van der Waals surface area contributed by atoms with Gasteiger partial charge in [-0.05, 0) is 36.8 Å². The maximum Gasteiger partial charge on any atom is 0.337 e. The lowest BCUT2D eigenvalue weighted by Crippen LogP contribution is -2.31. The minimum absolute atomic E-state index is 0.0885. The Morgan fingerprint density at radius 1 is 1.04 bits per heavy atom. The van der Waals surface area contributed by atoms with Crippen LogP contribution in [0.3, 0.4) is 0 Å². The normalized spacial score (nSPS) is 11.4. The van der Waals surface area contributed by atoms with Crippen LogP contribution in [0, 0.1) is 0 Å². The molecule has 2 aromatic rings. The van der Waals surface area contributed by atoms with Gasteiger partial charge in [-0.15, -0.1) is 0 Å². The first kappa shape index (κ1) is 16.5. The van der Waals surface area contributed by atoms with E-state index >= 15 is 0 Å². The molecule has 23 heavy (non-hydrogen) atoms. The molecule has 2 rings (SSSR count). The number of hydrogen-bond acceptors (Lipinski definition) is 4. The predicted octanol–water partition coefficient (Wildman–Crippen LogP) is 2.73. The molecule has 0 fully saturated rings. The molecule has 0 radical (unpaired) electrons. The Morgan fingerprint density at radius 2 is 1.70 bits per heavy atom. The second-order valence-corrected chi connectivity index (χ2v) is 5.00. The van der Waals surface area contributed by atoms with E-state index in [9.17, 15) is 9.59 Å². The molecule has 0 unspecified atom stereocenters. The maximum absolute atomic E-state index is 11.9. The van der Waals surface area contributed by atoms with Crippen LogP contribution in [0.1, 0.15) is 28.9 Å². The quantitative estimate of drug-likeness (QED) is 0.833. The first-order valence-electron chi connectivity index (χ1n) is 7.25. The zero-order chi connectivity index (χ0) is 16.7. The number of esters is 1. The van der Waals surface area contributed by atoms with Crippen molar-refractivity contribution in [3.63, 3.8) is 0 Å². The van der Waals surface area contributed by atoms with Crippen LogP contribution in [0.15, 0.2) is 54.6 Å². The summed E-state index contributed by atoms with van der Waals surface area (Å²) in [5, 5.41) is 2.87. The summed E-state index contributed by atoms with van der Waals surface area (Å²) in [6.07, 6.45) is 0. The number of carbonyl (C=O) groups is 2. The Kier molecular flexibility index (Phi) is 5.74. The fourth-order valence-corrected chi connectivity index (χ4v) is 2.06. The van der Waals surface area contributed by atoms with Crippen molar-refractivity contribution in [3.05, 3.63) is 65.7 Å². The molecule has 0 aliphatic rings. The molecule has 5 heteroatoms. The van der Waals surface area contributed by atoms with Gasteiger partial charge in [0, 0.05) is 0 Å². The predicted molar refractivity (Wildman–Crippen MR) is 86.3 cm³/mol. The minimum Gasteiger partial charge on any atom is -0.484 e. The van der Waals surface area contributed by atoms with Crippen molar-refractivity contribution in [3.8, 4) is 5.75 Å². The largest absolute Gasteiger partial charge is 0.484 e. The smallest absolute Gasteiger partial charge is 0.337 e. The van der Waals surface area contributed by atoms with Crippen molar-refractivity contribution in [2.45, 2.75) is 13.0 Å². The number of ether oxygens (including phenoxy) is 2. The number of nitrogens with one attached hydrogen (secondary N) is 1. The van der Waals surface area contributed by atoms with Crippen LogP contribution < -0.4 is 10.1 Å². The van der Waals surface area contributed by atoms with Gasteiger partial charge < -0.3 is 14.8 Å². The average molecular weight is 313 g/mol. The molecule has 1 amide bonds. The summed E-state index contributed by atoms with van der Waals surface area (Å²) in [7, 11) is 1.32. The molecule has 2 aromatic carbocycles. The van der Waals surface area contributed by atoms with Gasteiger partial charge in [-0.2, -0.15) is 0 Å². The van der Waals surface area contributed by atoms with Crippen molar-refractivity contribution in [2.24, 2.45) is 0 Å². The molecule has 120 valence electrons. The molecular weight excluding hydrogens is 294 g/mol. The Hall–Kier alpha value is -2.82. The van der Waals surface area contributed by atoms with Crippen LogP contribution >= 0.6 is 0 Å². The lowest BCUT2D eigenvalue weighted by Gasteiger charge is -2.14. The summed E-state index contributed by atoms with van der Waals surface area (Å²) in [5.74, 6) is -0.107. The van der Waals surface area contributed by atoms with Crippen molar-refractivity contribution >= 4 is 11.9 Å². The second kappa shape index (κ2) is 7.98. The number of benzene rings is 2. The molecule has 0 spiro atoms. The fourth-order valence-electron chi connectivity index (χ4n) is 2.06. The summed E-state index contributed by atoms with van der Waals surface area (Å²) in [5.41, 5.74) is 1.46. The molecule has 1 atom stereocenters. The van der Waals surface area contributed by atoms with Crippen LogP contribution in [0.5, 0.6) is 5.75 Å². The molecule has 1 N–H and O–H groups in total. The van der Waals surface area contributed by atoms with Crippen molar-refractivity contribution < 1.29 is 19.1 Å². The molecule has 0 heterocycles. The summed E-state index contributed by atoms with van der Waals surface area (Å²) >= 11 is 0. The number of methoxy groups -OCH3 is 1. The van der Waals surface area contributed by atoms with Gasteiger partial charge in [-0.25, -0.2) is 4.79 Å². The highest BCUT2D eigenvalue weighted by Crippen LogP contribution is 2.14. The fraction of sp³-hybridized carbons (Fsp3) is 0.222. The third-order valence-corrected chi connectivity index (χ3v) is 3.32. The monoisotopic (exact) mass is 313 g/mol. The van der Waals surface area contributed by atoms with E-state index in [0.29, 0.717) is 11.3 Å². The van der Waals surface area contributed by atoms with Gasteiger partial charge in [0.05, 0.1) is 18.7 Å². The average Bonchev–Trinajstić information content (AvgIpc) is 2.60. The van der Waals surface area contributed by atoms with Gasteiger partial charge in [0.25, 0.3) is 5.91 Å². The van der Waals surface area contributed by atoms with Crippen LogP contribution in [-0.2, 0) is 9.53 Å². The Balaban J connectivity index is 1.83. The van der Waals surface area contributed by atoms with Crippen molar-refractivity contribution in [1.82, 2.24) is 5.32 Å². The highest BCUT2D eigenvalue weighted by molar-refractivity contribution is 5.89. The van der Waals surface area contributed by atoms with Gasteiger partial charge in [0.15, 0.2) is 6.61 Å². The highest BCUT2D eigenvalue weighted by atomic mass is 16.5. The van der Waals surface area contributed by atoms with E-state index in [1.54, 1.807) is 24.3 Å². The lowest BCUT2D eigenvalue weighted by molar-refractivity contribution is -0.123. The minimum atomic E-state index is -0.411. The molecule has 0 aromatic heterocycles. The molecule has 0 saturated heterocycles. The van der Waals surface area contributed by atoms with Gasteiger partial charge in [-0.3, -0.25) is 4.79 Å². The highest BCUT2D eigenvalue weighted by Gasteiger charge is 2.10. The van der Waals surface area contributed by atoms with Crippen molar-refractivity contribution in [2.75, 3.05) is 13.7 Å². The first-order chi connectivity index (χ1) is 11.1. The third kappa shape index (κ3) is 4.85. The second-order valence-electron chi connectivity index (χ2n) is 5.00. The summed E-state index contributed by atoms with van der Waals surface area (Å²) in [6, 6.07) is 16.0. The Bertz CT molecular complexity index is 652. The third-order valence-electron chi connectivity index (χ3n) is 3.32. The van der Waals surface area contributed by atoms with E-state index < -0.39 is 5.97 Å². The van der Waals surface area contributed by atoms with Crippen LogP contribution in [0.25, 0.3) is 0 Å². The van der Waals surface area contributed by atoms with Gasteiger partial charge >= 0.3 is 5.97 Å². The van der Waals surface area contributed by atoms with Crippen LogP contribution in [-0.4, -0.2) is 25.6 Å². The topological polar surface area (TPSA) is 64.6 Å². The number of carbonyl (C=O) groups excluding carboxylic acids is 2. The molecule has 0 saturated carbocycles. The molecule has 5 nitrogen and oxygen atoms in total. The van der Waals surface area contributed by atoms with E-state index in [1.807, 2.05) is 37.3 Å². The zero-order valence-electron chi connectivity index (χ0n) is 13.1. The molecule has 0 bridgehead atoms. The van der Waals surface area contributed by atoms with Gasteiger partial charge in [-0.1, -0.05) is 30.3 Å². The summed E-state index contributed by atoms with van der Waals surface area (Å²) in [6.45, 7) is 1.83. The first-order valence-corrected chi connectivity index (χ1v) is 7.25. The number of amides is 1. The SMILES string of the molecule is COC(=O)c1ccc(OCC(=O)N[C@H](C)c2ccccc2)cc1. The Morgan fingerprint density at radius 3 is 2.30 bits per heavy atom. The van der Waals surface area contributed by atoms with Gasteiger partial charge in [0.2, 0.25) is 0 Å². The van der Waals surface area contributed by atoms with Gasteiger partial charge in [0.1, 0.15) is 5.75 Å². The molecular formula is C18H19NO4. The van der Waals surface area contributed by atoms with E-state index in [2.05, 4.69) is 10.1 Å². The molecule has 0 aliphatic heterocycles. The van der Waals surface area contributed by atoms with E-state index in [1.165, 1.54) is 7.11 Å². The zero-order valence-corrected chi connectivity index (χ0v) is 13.1. The number of rotatable bonds is 6.